The summed E-state index contributed by atoms with van der Waals surface area (Å²) in [4.78, 5) is 14.1. The quantitative estimate of drug-likeness (QED) is 0.591. The monoisotopic (exact) mass is 514 g/mol. The molecule has 1 aromatic heterocycles. The standard InChI is InChI=1S/C19H20F6N4O4S/c1-34(31,32,9-19(23,24)25)29-4-2-3-11(29)7-28-8-13-12(18(28)30)5-10(6-14(13)20)16-26-27-17(33-16)15(21)22/h5-6,11,15H,2-4,7-9H2,1H3,(H,31,32)/t11-/m0/s1. The minimum atomic E-state index is -5.26. The summed E-state index contributed by atoms with van der Waals surface area (Å²) in [7, 11) is -5.26. The van der Waals surface area contributed by atoms with Crippen LogP contribution in [0.15, 0.2) is 16.5 Å². The first-order valence-electron chi connectivity index (χ1n) is 10.1. The van der Waals surface area contributed by atoms with Crippen molar-refractivity contribution in [3.63, 3.8) is 0 Å². The number of rotatable bonds is 6. The molecule has 0 saturated carbocycles. The predicted octanol–water partition coefficient (Wildman–Crippen LogP) is 3.63. The normalized spacial score (nSPS) is 20.7. The van der Waals surface area contributed by atoms with Gasteiger partial charge in [-0.05, 0) is 25.0 Å². The van der Waals surface area contributed by atoms with Crippen LogP contribution in [0.25, 0.3) is 11.5 Å². The zero-order chi connectivity index (χ0) is 25.1. The number of hydrogen-bond acceptors (Lipinski definition) is 5. The highest BCUT2D eigenvalue weighted by molar-refractivity contribution is 8.12. The third kappa shape index (κ3) is 4.68. The number of nitrogens with zero attached hydrogens (tertiary/aromatic N) is 4. The van der Waals surface area contributed by atoms with Crippen LogP contribution in [-0.4, -0.2) is 71.4 Å². The molecule has 0 bridgehead atoms. The molecular formula is C19H20F6N4O4S. The molecule has 1 N–H and O–H groups in total. The van der Waals surface area contributed by atoms with E-state index in [0.717, 1.165) is 10.4 Å². The SMILES string of the molecule is CS(=O)(O)(CC(F)(F)F)N1CCC[C@H]1CN1Cc2c(F)cc(-c3nnc(C(F)F)o3)cc2C1=O. The summed E-state index contributed by atoms with van der Waals surface area (Å²) in [6.07, 6.45) is -6.63. The van der Waals surface area contributed by atoms with Crippen LogP contribution in [0.2, 0.25) is 0 Å². The van der Waals surface area contributed by atoms with Crippen molar-refractivity contribution in [2.75, 3.05) is 25.1 Å². The van der Waals surface area contributed by atoms with Gasteiger partial charge < -0.3 is 9.32 Å². The summed E-state index contributed by atoms with van der Waals surface area (Å²) in [6.45, 7) is -0.465. The lowest BCUT2D eigenvalue weighted by Crippen LogP contribution is -2.58. The van der Waals surface area contributed by atoms with Gasteiger partial charge in [0.25, 0.3) is 11.8 Å². The van der Waals surface area contributed by atoms with Gasteiger partial charge in [-0.3, -0.25) is 9.35 Å². The molecule has 2 aliphatic heterocycles. The Morgan fingerprint density at radius 2 is 2.00 bits per heavy atom. The van der Waals surface area contributed by atoms with E-state index in [1.165, 1.54) is 11.0 Å². The molecule has 0 aliphatic carbocycles. The second-order valence-corrected chi connectivity index (χ2v) is 12.2. The highest BCUT2D eigenvalue weighted by Gasteiger charge is 2.47. The lowest BCUT2D eigenvalue weighted by molar-refractivity contribution is -0.108. The first kappa shape index (κ1) is 24.6. The van der Waals surface area contributed by atoms with Crippen LogP contribution in [0.4, 0.5) is 26.3 Å². The largest absolute Gasteiger partial charge is 0.415 e. The first-order valence-corrected chi connectivity index (χ1v) is 12.5. The Hall–Kier alpha value is -2.52. The molecule has 4 rings (SSSR count). The third-order valence-corrected chi connectivity index (χ3v) is 8.46. The number of aromatic nitrogens is 2. The molecule has 1 fully saturated rings. The number of alkyl halides is 5. The van der Waals surface area contributed by atoms with E-state index in [2.05, 4.69) is 10.2 Å². The Balaban J connectivity index is 1.56. The van der Waals surface area contributed by atoms with E-state index in [4.69, 9.17) is 4.42 Å². The Labute approximate surface area is 189 Å². The smallest absolute Gasteiger partial charge is 0.406 e. The molecule has 3 heterocycles. The summed E-state index contributed by atoms with van der Waals surface area (Å²) in [5, 5.41) is 6.59. The molecule has 1 atom stereocenters. The molecule has 2 aromatic rings. The fourth-order valence-electron chi connectivity index (χ4n) is 4.45. The Kier molecular flexibility index (Phi) is 5.80. The maximum atomic E-state index is 14.7. The fourth-order valence-corrected chi connectivity index (χ4v) is 6.91. The minimum Gasteiger partial charge on any atom is -0.415 e. The molecule has 34 heavy (non-hydrogen) atoms. The highest BCUT2D eigenvalue weighted by Crippen LogP contribution is 2.38. The number of amides is 1. The fraction of sp³-hybridized carbons (Fsp3) is 0.526. The number of hydrogen-bond donors (Lipinski definition) is 1. The molecule has 2 aliphatic rings. The van der Waals surface area contributed by atoms with Crippen molar-refractivity contribution >= 4 is 15.4 Å². The number of halogens is 6. The van der Waals surface area contributed by atoms with Crippen LogP contribution in [0.5, 0.6) is 0 Å². The number of fused-ring (bicyclic) bond motifs is 1. The van der Waals surface area contributed by atoms with Gasteiger partial charge in [-0.2, -0.15) is 26.2 Å². The summed E-state index contributed by atoms with van der Waals surface area (Å²) in [5.41, 5.74) is -0.184. The molecule has 0 radical (unpaired) electrons. The molecule has 0 spiro atoms. The summed E-state index contributed by atoms with van der Waals surface area (Å²) < 4.78 is 108. The topological polar surface area (TPSA) is 99.8 Å². The van der Waals surface area contributed by atoms with Gasteiger partial charge in [0.15, 0.2) is 0 Å². The van der Waals surface area contributed by atoms with Crippen LogP contribution in [0.3, 0.4) is 0 Å². The van der Waals surface area contributed by atoms with Crippen molar-refractivity contribution in [2.45, 2.75) is 38.0 Å². The molecule has 1 amide bonds. The maximum Gasteiger partial charge on any atom is 0.406 e. The molecule has 188 valence electrons. The Morgan fingerprint density at radius 3 is 2.62 bits per heavy atom. The molecule has 0 unspecified atom stereocenters. The van der Waals surface area contributed by atoms with Gasteiger partial charge in [0.05, 0.1) is 0 Å². The van der Waals surface area contributed by atoms with E-state index < -0.39 is 57.4 Å². The van der Waals surface area contributed by atoms with Crippen LogP contribution < -0.4 is 0 Å². The zero-order valence-electron chi connectivity index (χ0n) is 17.7. The average Bonchev–Trinajstić information content (AvgIpc) is 3.40. The van der Waals surface area contributed by atoms with Crippen molar-refractivity contribution in [3.8, 4) is 11.5 Å². The molecule has 15 heteroatoms. The van der Waals surface area contributed by atoms with E-state index in [1.807, 2.05) is 0 Å². The summed E-state index contributed by atoms with van der Waals surface area (Å²) in [6, 6.07) is 1.31. The van der Waals surface area contributed by atoms with Crippen LogP contribution in [-0.2, 0) is 16.1 Å². The van der Waals surface area contributed by atoms with Gasteiger partial charge in [-0.1, -0.05) is 0 Å². The van der Waals surface area contributed by atoms with E-state index in [9.17, 15) is 39.9 Å². The number of carbonyl (C=O) groups excluding carboxylic acids is 1. The van der Waals surface area contributed by atoms with E-state index >= 15 is 0 Å². The highest BCUT2D eigenvalue weighted by atomic mass is 32.3. The van der Waals surface area contributed by atoms with Gasteiger partial charge in [-0.25, -0.2) is 8.70 Å². The lowest BCUT2D eigenvalue weighted by Gasteiger charge is -2.50. The third-order valence-electron chi connectivity index (χ3n) is 5.79. The first-order chi connectivity index (χ1) is 15.6. The van der Waals surface area contributed by atoms with E-state index in [1.54, 1.807) is 0 Å². The van der Waals surface area contributed by atoms with Crippen molar-refractivity contribution in [2.24, 2.45) is 0 Å². The van der Waals surface area contributed by atoms with Gasteiger partial charge in [0.1, 0.15) is 11.6 Å². The minimum absolute atomic E-state index is 0.000310. The Morgan fingerprint density at radius 1 is 1.29 bits per heavy atom. The van der Waals surface area contributed by atoms with Crippen molar-refractivity contribution < 1.29 is 44.3 Å². The predicted molar refractivity (Wildman–Crippen MR) is 107 cm³/mol. The lowest BCUT2D eigenvalue weighted by atomic mass is 10.1. The maximum absolute atomic E-state index is 14.7. The van der Waals surface area contributed by atoms with Crippen LogP contribution in [0.1, 0.15) is 41.1 Å². The van der Waals surface area contributed by atoms with E-state index in [0.29, 0.717) is 12.7 Å². The Bertz CT molecular complexity index is 1190. The van der Waals surface area contributed by atoms with Crippen molar-refractivity contribution in [1.29, 1.82) is 0 Å². The van der Waals surface area contributed by atoms with Gasteiger partial charge >= 0.3 is 12.6 Å². The number of benzene rings is 1. The van der Waals surface area contributed by atoms with Crippen molar-refractivity contribution in [3.05, 3.63) is 35.0 Å². The van der Waals surface area contributed by atoms with Crippen molar-refractivity contribution in [1.82, 2.24) is 19.4 Å². The summed E-state index contributed by atoms with van der Waals surface area (Å²) >= 11 is 0. The average molecular weight is 514 g/mol. The number of carbonyl (C=O) groups is 1. The summed E-state index contributed by atoms with van der Waals surface area (Å²) in [5.74, 6) is -4.78. The molecule has 1 aromatic carbocycles. The molecule has 1 saturated heterocycles. The second kappa shape index (κ2) is 8.02. The van der Waals surface area contributed by atoms with Gasteiger partial charge in [-0.15, -0.1) is 19.7 Å². The molecule has 8 nitrogen and oxygen atoms in total. The van der Waals surface area contributed by atoms with Gasteiger partial charge in [0.2, 0.25) is 5.89 Å². The molecular weight excluding hydrogens is 494 g/mol. The van der Waals surface area contributed by atoms with Gasteiger partial charge in [0, 0.05) is 48.6 Å². The second-order valence-electron chi connectivity index (χ2n) is 8.54. The van der Waals surface area contributed by atoms with E-state index in [-0.39, 0.29) is 42.7 Å². The van der Waals surface area contributed by atoms with Crippen LogP contribution in [0, 0.1) is 5.82 Å². The van der Waals surface area contributed by atoms with Crippen LogP contribution >= 0.6 is 0 Å². The zero-order valence-corrected chi connectivity index (χ0v) is 18.5.